The van der Waals surface area contributed by atoms with E-state index >= 15 is 0 Å². The number of nitrogens with zero attached hydrogens (tertiary/aromatic N) is 1. The lowest BCUT2D eigenvalue weighted by Crippen LogP contribution is -2.11. The monoisotopic (exact) mass is 207 g/mol. The molecule has 1 aromatic heterocycles. The van der Waals surface area contributed by atoms with Crippen LogP contribution < -0.4 is 0 Å². The zero-order valence-electron chi connectivity index (χ0n) is 10.4. The minimum absolute atomic E-state index is 0.0745. The highest BCUT2D eigenvalue weighted by atomic mass is 16.1. The van der Waals surface area contributed by atoms with Gasteiger partial charge in [-0.1, -0.05) is 27.7 Å². The standard InChI is InChI=1S/C13H21NO/c1-9(2)6-11-7-12(14(5)8-11)13(15)10(3)4/h7-10H,6H2,1-5H3. The van der Waals surface area contributed by atoms with Crippen molar-refractivity contribution in [2.75, 3.05) is 0 Å². The molecule has 1 rings (SSSR count). The summed E-state index contributed by atoms with van der Waals surface area (Å²) in [5, 5.41) is 0. The number of ketones is 1. The second-order valence-corrected chi connectivity index (χ2v) is 4.96. The first kappa shape index (κ1) is 12.0. The molecule has 0 aromatic carbocycles. The smallest absolute Gasteiger partial charge is 0.181 e. The van der Waals surface area contributed by atoms with Crippen molar-refractivity contribution in [3.63, 3.8) is 0 Å². The molecule has 0 radical (unpaired) electrons. The molecule has 2 heteroatoms. The summed E-state index contributed by atoms with van der Waals surface area (Å²) < 4.78 is 1.94. The molecule has 0 amide bonds. The van der Waals surface area contributed by atoms with Gasteiger partial charge in [0.05, 0.1) is 5.69 Å². The molecule has 0 bridgehead atoms. The summed E-state index contributed by atoms with van der Waals surface area (Å²) >= 11 is 0. The second-order valence-electron chi connectivity index (χ2n) is 4.96. The van der Waals surface area contributed by atoms with Crippen LogP contribution in [-0.2, 0) is 13.5 Å². The molecule has 2 nitrogen and oxygen atoms in total. The Hall–Kier alpha value is -1.05. The van der Waals surface area contributed by atoms with Crippen molar-refractivity contribution in [1.82, 2.24) is 4.57 Å². The summed E-state index contributed by atoms with van der Waals surface area (Å²) in [7, 11) is 1.94. The third-order valence-corrected chi connectivity index (χ3v) is 2.48. The van der Waals surface area contributed by atoms with Crippen LogP contribution in [0.1, 0.15) is 43.7 Å². The highest BCUT2D eigenvalue weighted by Gasteiger charge is 2.15. The molecule has 1 heterocycles. The van der Waals surface area contributed by atoms with E-state index in [0.717, 1.165) is 12.1 Å². The summed E-state index contributed by atoms with van der Waals surface area (Å²) in [6.07, 6.45) is 3.11. The molecular formula is C13H21NO. The van der Waals surface area contributed by atoms with E-state index < -0.39 is 0 Å². The molecule has 0 N–H and O–H groups in total. The van der Waals surface area contributed by atoms with Gasteiger partial charge in [0.25, 0.3) is 0 Å². The lowest BCUT2D eigenvalue weighted by Gasteiger charge is -2.04. The van der Waals surface area contributed by atoms with E-state index in [1.165, 1.54) is 5.56 Å². The van der Waals surface area contributed by atoms with Gasteiger partial charge in [0.15, 0.2) is 5.78 Å². The van der Waals surface area contributed by atoms with Gasteiger partial charge in [-0.2, -0.15) is 0 Å². The van der Waals surface area contributed by atoms with Gasteiger partial charge in [-0.15, -0.1) is 0 Å². The van der Waals surface area contributed by atoms with Crippen LogP contribution in [0.2, 0.25) is 0 Å². The van der Waals surface area contributed by atoms with Gasteiger partial charge in [0.2, 0.25) is 0 Å². The maximum Gasteiger partial charge on any atom is 0.181 e. The van der Waals surface area contributed by atoms with Crippen molar-refractivity contribution in [3.05, 3.63) is 23.5 Å². The lowest BCUT2D eigenvalue weighted by molar-refractivity contribution is 0.0931. The fraction of sp³-hybridized carbons (Fsp3) is 0.615. The average molecular weight is 207 g/mol. The van der Waals surface area contributed by atoms with Crippen molar-refractivity contribution in [3.8, 4) is 0 Å². The van der Waals surface area contributed by atoms with Crippen LogP contribution >= 0.6 is 0 Å². The quantitative estimate of drug-likeness (QED) is 0.695. The number of carbonyl (C=O) groups is 1. The van der Waals surface area contributed by atoms with Gasteiger partial charge < -0.3 is 4.57 Å². The fourth-order valence-corrected chi connectivity index (χ4v) is 1.76. The van der Waals surface area contributed by atoms with Crippen LogP contribution in [0.4, 0.5) is 0 Å². The first-order chi connectivity index (χ1) is 6.91. The molecule has 0 spiro atoms. The largest absolute Gasteiger partial charge is 0.348 e. The predicted octanol–water partition coefficient (Wildman–Crippen LogP) is 3.06. The topological polar surface area (TPSA) is 22.0 Å². The number of Topliss-reactive ketones (excluding diaryl/α,β-unsaturated/α-hetero) is 1. The van der Waals surface area contributed by atoms with Gasteiger partial charge in [-0.3, -0.25) is 4.79 Å². The third kappa shape index (κ3) is 2.95. The average Bonchev–Trinajstić information content (AvgIpc) is 2.44. The maximum atomic E-state index is 11.8. The Labute approximate surface area is 92.3 Å². The van der Waals surface area contributed by atoms with Crippen molar-refractivity contribution in [1.29, 1.82) is 0 Å². The predicted molar refractivity (Wildman–Crippen MR) is 63.1 cm³/mol. The zero-order chi connectivity index (χ0) is 11.6. The SMILES string of the molecule is CC(C)Cc1cc(C(=O)C(C)C)n(C)c1. The summed E-state index contributed by atoms with van der Waals surface area (Å²) in [5.74, 6) is 0.937. The van der Waals surface area contributed by atoms with E-state index in [4.69, 9.17) is 0 Å². The molecule has 15 heavy (non-hydrogen) atoms. The Morgan fingerprint density at radius 1 is 1.33 bits per heavy atom. The third-order valence-electron chi connectivity index (χ3n) is 2.48. The molecule has 0 aliphatic carbocycles. The molecule has 0 unspecified atom stereocenters. The van der Waals surface area contributed by atoms with E-state index in [0.29, 0.717) is 5.92 Å². The first-order valence-electron chi connectivity index (χ1n) is 5.61. The fourth-order valence-electron chi connectivity index (χ4n) is 1.76. The van der Waals surface area contributed by atoms with Crippen LogP contribution in [0.25, 0.3) is 0 Å². The van der Waals surface area contributed by atoms with Gasteiger partial charge in [-0.25, -0.2) is 0 Å². The molecule has 0 aliphatic rings. The van der Waals surface area contributed by atoms with Crippen molar-refractivity contribution in [2.45, 2.75) is 34.1 Å². The number of aryl methyl sites for hydroxylation is 1. The summed E-state index contributed by atoms with van der Waals surface area (Å²) in [5.41, 5.74) is 2.09. The Morgan fingerprint density at radius 3 is 2.40 bits per heavy atom. The normalized spacial score (nSPS) is 11.4. The van der Waals surface area contributed by atoms with E-state index in [2.05, 4.69) is 20.0 Å². The second kappa shape index (κ2) is 4.65. The van der Waals surface area contributed by atoms with E-state index in [1.807, 2.05) is 31.5 Å². The van der Waals surface area contributed by atoms with Crippen LogP contribution in [0.3, 0.4) is 0 Å². The zero-order valence-corrected chi connectivity index (χ0v) is 10.4. The maximum absolute atomic E-state index is 11.8. The van der Waals surface area contributed by atoms with E-state index in [-0.39, 0.29) is 11.7 Å². The number of aromatic nitrogens is 1. The summed E-state index contributed by atoms with van der Waals surface area (Å²) in [6.45, 7) is 8.27. The van der Waals surface area contributed by atoms with Crippen molar-refractivity contribution >= 4 is 5.78 Å². The van der Waals surface area contributed by atoms with Gasteiger partial charge in [-0.05, 0) is 24.0 Å². The van der Waals surface area contributed by atoms with Crippen molar-refractivity contribution in [2.24, 2.45) is 18.9 Å². The minimum atomic E-state index is 0.0745. The molecular weight excluding hydrogens is 186 g/mol. The molecule has 0 saturated carbocycles. The Kier molecular flexibility index (Phi) is 3.72. The molecule has 0 fully saturated rings. The molecule has 0 saturated heterocycles. The molecule has 0 aliphatic heterocycles. The number of hydrogen-bond acceptors (Lipinski definition) is 1. The van der Waals surface area contributed by atoms with Gasteiger partial charge in [0, 0.05) is 19.2 Å². The lowest BCUT2D eigenvalue weighted by atomic mass is 10.0. The van der Waals surface area contributed by atoms with Crippen LogP contribution in [0, 0.1) is 11.8 Å². The highest BCUT2D eigenvalue weighted by molar-refractivity contribution is 5.96. The Bertz CT molecular complexity index is 347. The van der Waals surface area contributed by atoms with Crippen LogP contribution in [0.15, 0.2) is 12.3 Å². The van der Waals surface area contributed by atoms with Gasteiger partial charge in [0.1, 0.15) is 0 Å². The Balaban J connectivity index is 2.91. The first-order valence-corrected chi connectivity index (χ1v) is 5.61. The van der Waals surface area contributed by atoms with E-state index in [1.54, 1.807) is 0 Å². The molecule has 1 aromatic rings. The Morgan fingerprint density at radius 2 is 1.93 bits per heavy atom. The van der Waals surface area contributed by atoms with Crippen molar-refractivity contribution < 1.29 is 4.79 Å². The molecule has 84 valence electrons. The number of hydrogen-bond donors (Lipinski definition) is 0. The highest BCUT2D eigenvalue weighted by Crippen LogP contribution is 2.15. The van der Waals surface area contributed by atoms with Gasteiger partial charge >= 0.3 is 0 Å². The molecule has 0 atom stereocenters. The van der Waals surface area contributed by atoms with E-state index in [9.17, 15) is 4.79 Å². The number of rotatable bonds is 4. The summed E-state index contributed by atoms with van der Waals surface area (Å²) in [6, 6.07) is 2.03. The number of carbonyl (C=O) groups excluding carboxylic acids is 1. The van der Waals surface area contributed by atoms with Crippen LogP contribution in [-0.4, -0.2) is 10.4 Å². The van der Waals surface area contributed by atoms with Crippen LogP contribution in [0.5, 0.6) is 0 Å². The summed E-state index contributed by atoms with van der Waals surface area (Å²) in [4.78, 5) is 11.8. The minimum Gasteiger partial charge on any atom is -0.348 e.